The van der Waals surface area contributed by atoms with Gasteiger partial charge in [-0.3, -0.25) is 10.1 Å². The molecular formula is C9H14N2O4. The zero-order chi connectivity index (χ0) is 11.7. The minimum absolute atomic E-state index is 0.00779. The van der Waals surface area contributed by atoms with Crippen molar-refractivity contribution in [2.45, 2.75) is 0 Å². The predicted octanol–water partition coefficient (Wildman–Crippen LogP) is 0.796. The monoisotopic (exact) mass is 214 g/mol. The van der Waals surface area contributed by atoms with Gasteiger partial charge in [0.05, 0.1) is 23.9 Å². The van der Waals surface area contributed by atoms with E-state index in [1.54, 1.807) is 0 Å². The standard InChI is InChI=1S/C9H14N2O4/c1-3-8(10)9(11(12)13)4-5-15-7-6-14-2/h3-5H,1,6-7,10H2,2H3/b5-4+,9-8-. The van der Waals surface area contributed by atoms with Gasteiger partial charge in [-0.1, -0.05) is 6.58 Å². The summed E-state index contributed by atoms with van der Waals surface area (Å²) in [5.74, 6) is 0. The zero-order valence-electron chi connectivity index (χ0n) is 8.51. The Labute approximate surface area is 87.8 Å². The van der Waals surface area contributed by atoms with Crippen LogP contribution in [0.25, 0.3) is 0 Å². The van der Waals surface area contributed by atoms with E-state index in [9.17, 15) is 10.1 Å². The van der Waals surface area contributed by atoms with Crippen molar-refractivity contribution in [3.8, 4) is 0 Å². The summed E-state index contributed by atoms with van der Waals surface area (Å²) in [6.07, 6.45) is 3.58. The highest BCUT2D eigenvalue weighted by Gasteiger charge is 2.09. The Kier molecular flexibility index (Phi) is 6.65. The normalized spacial score (nSPS) is 12.3. The first-order valence-corrected chi connectivity index (χ1v) is 4.17. The van der Waals surface area contributed by atoms with E-state index in [0.717, 1.165) is 0 Å². The Morgan fingerprint density at radius 1 is 1.60 bits per heavy atom. The molecule has 0 aliphatic heterocycles. The molecule has 0 saturated heterocycles. The number of hydrogen-bond acceptors (Lipinski definition) is 5. The Hall–Kier alpha value is -1.82. The highest BCUT2D eigenvalue weighted by atomic mass is 16.6. The van der Waals surface area contributed by atoms with Crippen LogP contribution in [0.5, 0.6) is 0 Å². The van der Waals surface area contributed by atoms with Gasteiger partial charge in [-0.05, 0) is 6.08 Å². The number of hydrogen-bond donors (Lipinski definition) is 1. The summed E-state index contributed by atoms with van der Waals surface area (Å²) in [4.78, 5) is 9.90. The minimum atomic E-state index is -0.604. The SMILES string of the molecule is C=C/C(N)=C(\C=C\OCCOC)[N+](=O)[O-]. The lowest BCUT2D eigenvalue weighted by Gasteiger charge is -1.98. The molecule has 2 N–H and O–H groups in total. The van der Waals surface area contributed by atoms with Crippen molar-refractivity contribution >= 4 is 0 Å². The topological polar surface area (TPSA) is 87.6 Å². The van der Waals surface area contributed by atoms with Crippen LogP contribution in [-0.4, -0.2) is 25.2 Å². The lowest BCUT2D eigenvalue weighted by Crippen LogP contribution is -2.06. The first kappa shape index (κ1) is 13.2. The number of nitrogens with zero attached hydrogens (tertiary/aromatic N) is 1. The van der Waals surface area contributed by atoms with Crippen LogP contribution in [-0.2, 0) is 9.47 Å². The van der Waals surface area contributed by atoms with E-state index < -0.39 is 4.92 Å². The molecule has 6 nitrogen and oxygen atoms in total. The van der Waals surface area contributed by atoms with E-state index in [1.165, 1.54) is 25.5 Å². The quantitative estimate of drug-likeness (QED) is 0.222. The fourth-order valence-corrected chi connectivity index (χ4v) is 0.679. The molecule has 0 amide bonds. The summed E-state index contributed by atoms with van der Waals surface area (Å²) in [5, 5.41) is 10.5. The van der Waals surface area contributed by atoms with Crippen molar-refractivity contribution in [1.82, 2.24) is 0 Å². The van der Waals surface area contributed by atoms with Crippen LogP contribution in [0.15, 0.2) is 36.4 Å². The Morgan fingerprint density at radius 3 is 2.73 bits per heavy atom. The first-order chi connectivity index (χ1) is 7.13. The minimum Gasteiger partial charge on any atom is -0.499 e. The van der Waals surface area contributed by atoms with E-state index in [-0.39, 0.29) is 11.4 Å². The molecule has 0 radical (unpaired) electrons. The Balaban J connectivity index is 4.31. The number of methoxy groups -OCH3 is 1. The maximum Gasteiger partial charge on any atom is 0.295 e. The van der Waals surface area contributed by atoms with Gasteiger partial charge in [-0.15, -0.1) is 0 Å². The van der Waals surface area contributed by atoms with E-state index in [1.807, 2.05) is 0 Å². The molecule has 0 aromatic rings. The zero-order valence-corrected chi connectivity index (χ0v) is 8.51. The van der Waals surface area contributed by atoms with Gasteiger partial charge >= 0.3 is 0 Å². The fourth-order valence-electron chi connectivity index (χ4n) is 0.679. The van der Waals surface area contributed by atoms with E-state index >= 15 is 0 Å². The predicted molar refractivity (Wildman–Crippen MR) is 55.4 cm³/mol. The molecule has 6 heteroatoms. The van der Waals surface area contributed by atoms with Crippen molar-refractivity contribution in [1.29, 1.82) is 0 Å². The summed E-state index contributed by atoms with van der Waals surface area (Å²) in [7, 11) is 1.53. The van der Waals surface area contributed by atoms with Gasteiger partial charge in [0.1, 0.15) is 12.3 Å². The van der Waals surface area contributed by atoms with Crippen molar-refractivity contribution in [2.24, 2.45) is 5.73 Å². The lowest BCUT2D eigenvalue weighted by atomic mass is 10.3. The van der Waals surface area contributed by atoms with Gasteiger partial charge in [-0.25, -0.2) is 0 Å². The lowest BCUT2D eigenvalue weighted by molar-refractivity contribution is -0.420. The van der Waals surface area contributed by atoms with Crippen LogP contribution in [0.4, 0.5) is 0 Å². The number of nitro groups is 1. The molecule has 0 heterocycles. The third kappa shape index (κ3) is 5.48. The van der Waals surface area contributed by atoms with E-state index in [0.29, 0.717) is 13.2 Å². The largest absolute Gasteiger partial charge is 0.499 e. The summed E-state index contributed by atoms with van der Waals surface area (Å²) in [6.45, 7) is 4.08. The van der Waals surface area contributed by atoms with Gasteiger partial charge in [0.15, 0.2) is 0 Å². The van der Waals surface area contributed by atoms with Crippen LogP contribution < -0.4 is 5.73 Å². The van der Waals surface area contributed by atoms with Gasteiger partial charge in [0, 0.05) is 7.11 Å². The number of rotatable bonds is 7. The van der Waals surface area contributed by atoms with Crippen molar-refractivity contribution < 1.29 is 14.4 Å². The second kappa shape index (κ2) is 7.57. The molecular weight excluding hydrogens is 200 g/mol. The highest BCUT2D eigenvalue weighted by Crippen LogP contribution is 2.03. The Morgan fingerprint density at radius 2 is 2.27 bits per heavy atom. The summed E-state index contributed by atoms with van der Waals surface area (Å²) < 4.78 is 9.63. The second-order valence-electron chi connectivity index (χ2n) is 2.47. The molecule has 0 bridgehead atoms. The molecule has 0 aromatic heterocycles. The van der Waals surface area contributed by atoms with Crippen LogP contribution in [0.3, 0.4) is 0 Å². The molecule has 0 fully saturated rings. The molecule has 0 unspecified atom stereocenters. The van der Waals surface area contributed by atoms with Gasteiger partial charge < -0.3 is 15.2 Å². The molecule has 15 heavy (non-hydrogen) atoms. The summed E-state index contributed by atoms with van der Waals surface area (Å²) >= 11 is 0. The molecule has 0 spiro atoms. The van der Waals surface area contributed by atoms with Crippen LogP contribution >= 0.6 is 0 Å². The van der Waals surface area contributed by atoms with Crippen LogP contribution in [0.2, 0.25) is 0 Å². The smallest absolute Gasteiger partial charge is 0.295 e. The third-order valence-electron chi connectivity index (χ3n) is 1.44. The molecule has 0 aromatic carbocycles. The molecule has 0 atom stereocenters. The summed E-state index contributed by atoms with van der Waals surface area (Å²) in [5.41, 5.74) is 5.09. The van der Waals surface area contributed by atoms with Gasteiger partial charge in [0.2, 0.25) is 0 Å². The van der Waals surface area contributed by atoms with E-state index in [2.05, 4.69) is 6.58 Å². The molecule has 0 saturated carbocycles. The average Bonchev–Trinajstić information content (AvgIpc) is 2.22. The first-order valence-electron chi connectivity index (χ1n) is 4.17. The van der Waals surface area contributed by atoms with Crippen molar-refractivity contribution in [2.75, 3.05) is 20.3 Å². The average molecular weight is 214 g/mol. The Bertz CT molecular complexity index is 284. The molecule has 84 valence electrons. The maximum atomic E-state index is 10.5. The third-order valence-corrected chi connectivity index (χ3v) is 1.44. The molecule has 0 aliphatic rings. The fraction of sp³-hybridized carbons (Fsp3) is 0.333. The van der Waals surface area contributed by atoms with Crippen LogP contribution in [0.1, 0.15) is 0 Å². The van der Waals surface area contributed by atoms with E-state index in [4.69, 9.17) is 15.2 Å². The maximum absolute atomic E-state index is 10.5. The van der Waals surface area contributed by atoms with Gasteiger partial charge in [0.25, 0.3) is 5.70 Å². The van der Waals surface area contributed by atoms with Crippen LogP contribution in [0, 0.1) is 10.1 Å². The van der Waals surface area contributed by atoms with Crippen molar-refractivity contribution in [3.63, 3.8) is 0 Å². The highest BCUT2D eigenvalue weighted by molar-refractivity contribution is 5.23. The number of nitrogens with two attached hydrogens (primary N) is 1. The molecule has 0 aliphatic carbocycles. The summed E-state index contributed by atoms with van der Waals surface area (Å²) in [6, 6.07) is 0. The van der Waals surface area contributed by atoms with Gasteiger partial charge in [-0.2, -0.15) is 0 Å². The second-order valence-corrected chi connectivity index (χ2v) is 2.47. The number of ether oxygens (including phenoxy) is 2. The molecule has 0 rings (SSSR count). The van der Waals surface area contributed by atoms with Crippen molar-refractivity contribution in [3.05, 3.63) is 46.5 Å². The number of allylic oxidation sites excluding steroid dienone is 2.